The molecule has 1 unspecified atom stereocenters. The zero-order chi connectivity index (χ0) is 23.5. The number of halogens is 1. The first-order valence-electron chi connectivity index (χ1n) is 10.6. The van der Waals surface area contributed by atoms with Crippen LogP contribution in [-0.2, 0) is 4.79 Å². The first-order chi connectivity index (χ1) is 16.1. The van der Waals surface area contributed by atoms with Gasteiger partial charge in [0, 0.05) is 18.2 Å². The van der Waals surface area contributed by atoms with Crippen molar-refractivity contribution in [3.05, 3.63) is 95.0 Å². The number of nitriles is 1. The molecule has 0 saturated heterocycles. The Morgan fingerprint density at radius 1 is 1.00 bits per heavy atom. The average molecular weight is 462 g/mol. The highest BCUT2D eigenvalue weighted by molar-refractivity contribution is 6.33. The van der Waals surface area contributed by atoms with Crippen molar-refractivity contribution in [3.8, 4) is 11.8 Å². The van der Waals surface area contributed by atoms with E-state index < -0.39 is 6.04 Å². The fraction of sp³-hybridized carbons (Fsp3) is 0.192. The second kappa shape index (κ2) is 12.3. The fourth-order valence-electron chi connectivity index (χ4n) is 3.22. The molecule has 0 heterocycles. The first-order valence-corrected chi connectivity index (χ1v) is 10.9. The van der Waals surface area contributed by atoms with E-state index in [1.54, 1.807) is 48.5 Å². The molecule has 0 radical (unpaired) electrons. The van der Waals surface area contributed by atoms with Crippen LogP contribution in [0.3, 0.4) is 0 Å². The summed E-state index contributed by atoms with van der Waals surface area (Å²) < 4.78 is 5.62. The number of carbonyl (C=O) groups excluding carboxylic acids is 2. The van der Waals surface area contributed by atoms with E-state index >= 15 is 0 Å². The lowest BCUT2D eigenvalue weighted by atomic mass is 10.0. The molecule has 1 atom stereocenters. The van der Waals surface area contributed by atoms with E-state index in [2.05, 4.69) is 16.7 Å². The molecule has 2 N–H and O–H groups in total. The van der Waals surface area contributed by atoms with Gasteiger partial charge in [-0.15, -0.1) is 0 Å². The summed E-state index contributed by atoms with van der Waals surface area (Å²) in [6.07, 6.45) is 1.10. The van der Waals surface area contributed by atoms with Gasteiger partial charge in [0.25, 0.3) is 5.91 Å². The Morgan fingerprint density at radius 2 is 1.76 bits per heavy atom. The third kappa shape index (κ3) is 7.37. The van der Waals surface area contributed by atoms with E-state index in [4.69, 9.17) is 21.6 Å². The maximum Gasteiger partial charge on any atom is 0.253 e. The standard InChI is InChI=1S/C26H24ClN3O3/c27-23-14-5-4-13-22(23)26(32)30-24(19-9-2-1-3-10-19)18-25(31)29-20-11-8-12-21(17-20)33-16-7-6-15-28/h1-5,8-14,17,24H,6-7,16,18H2,(H,29,31)(H,30,32). The van der Waals surface area contributed by atoms with Crippen molar-refractivity contribution in [3.63, 3.8) is 0 Å². The third-order valence-corrected chi connectivity index (χ3v) is 5.16. The minimum atomic E-state index is -0.541. The van der Waals surface area contributed by atoms with E-state index in [0.717, 1.165) is 5.56 Å². The molecule has 7 heteroatoms. The lowest BCUT2D eigenvalue weighted by Crippen LogP contribution is -2.31. The quantitative estimate of drug-likeness (QED) is 0.389. The topological polar surface area (TPSA) is 91.2 Å². The molecule has 6 nitrogen and oxygen atoms in total. The van der Waals surface area contributed by atoms with Gasteiger partial charge in [-0.25, -0.2) is 0 Å². The molecule has 0 bridgehead atoms. The molecular weight excluding hydrogens is 438 g/mol. The van der Waals surface area contributed by atoms with Crippen molar-refractivity contribution in [2.75, 3.05) is 11.9 Å². The molecule has 168 valence electrons. The van der Waals surface area contributed by atoms with Gasteiger partial charge in [-0.3, -0.25) is 9.59 Å². The second-order valence-electron chi connectivity index (χ2n) is 7.31. The van der Waals surface area contributed by atoms with Crippen molar-refractivity contribution < 1.29 is 14.3 Å². The van der Waals surface area contributed by atoms with Crippen LogP contribution in [0.25, 0.3) is 0 Å². The van der Waals surface area contributed by atoms with Gasteiger partial charge in [-0.1, -0.05) is 60.1 Å². The zero-order valence-electron chi connectivity index (χ0n) is 18.0. The van der Waals surface area contributed by atoms with Crippen LogP contribution in [0.5, 0.6) is 5.75 Å². The van der Waals surface area contributed by atoms with E-state index in [-0.39, 0.29) is 18.2 Å². The van der Waals surface area contributed by atoms with Crippen LogP contribution in [0.1, 0.15) is 41.2 Å². The van der Waals surface area contributed by atoms with Crippen molar-refractivity contribution >= 4 is 29.1 Å². The van der Waals surface area contributed by atoms with Gasteiger partial charge in [0.1, 0.15) is 5.75 Å². The van der Waals surface area contributed by atoms with Gasteiger partial charge in [-0.2, -0.15) is 5.26 Å². The van der Waals surface area contributed by atoms with Gasteiger partial charge in [0.2, 0.25) is 5.91 Å². The third-order valence-electron chi connectivity index (χ3n) is 4.83. The molecule has 2 amide bonds. The number of benzene rings is 3. The van der Waals surface area contributed by atoms with Crippen molar-refractivity contribution in [2.24, 2.45) is 0 Å². The molecule has 0 aliphatic rings. The summed E-state index contributed by atoms with van der Waals surface area (Å²) in [4.78, 5) is 25.6. The lowest BCUT2D eigenvalue weighted by Gasteiger charge is -2.19. The molecule has 0 spiro atoms. The summed E-state index contributed by atoms with van der Waals surface area (Å²) in [5, 5.41) is 14.7. The Hall–Kier alpha value is -3.82. The molecule has 0 aliphatic heterocycles. The number of amides is 2. The summed E-state index contributed by atoms with van der Waals surface area (Å²) in [5.74, 6) is -0.00247. The van der Waals surface area contributed by atoms with Crippen LogP contribution in [0.2, 0.25) is 5.02 Å². The summed E-state index contributed by atoms with van der Waals surface area (Å²) in [6, 6.07) is 24.7. The van der Waals surface area contributed by atoms with Crippen LogP contribution >= 0.6 is 11.6 Å². The SMILES string of the molecule is N#CCCCOc1cccc(NC(=O)CC(NC(=O)c2ccccc2Cl)c2ccccc2)c1. The molecule has 0 aromatic heterocycles. The summed E-state index contributed by atoms with van der Waals surface area (Å²) in [7, 11) is 0. The molecular formula is C26H24ClN3O3. The number of nitrogens with one attached hydrogen (secondary N) is 2. The summed E-state index contributed by atoms with van der Waals surface area (Å²) in [5.41, 5.74) is 1.74. The van der Waals surface area contributed by atoms with E-state index in [9.17, 15) is 9.59 Å². The molecule has 0 aliphatic carbocycles. The highest BCUT2D eigenvalue weighted by Gasteiger charge is 2.20. The average Bonchev–Trinajstić information content (AvgIpc) is 2.82. The van der Waals surface area contributed by atoms with Crippen molar-refractivity contribution in [1.29, 1.82) is 5.26 Å². The minimum absolute atomic E-state index is 0.0352. The Balaban J connectivity index is 1.68. The number of ether oxygens (including phenoxy) is 1. The van der Waals surface area contributed by atoms with E-state index in [1.165, 1.54) is 0 Å². The number of anilines is 1. The molecule has 3 rings (SSSR count). The monoisotopic (exact) mass is 461 g/mol. The van der Waals surface area contributed by atoms with Crippen LogP contribution in [-0.4, -0.2) is 18.4 Å². The largest absolute Gasteiger partial charge is 0.493 e. The molecule has 0 saturated carbocycles. The van der Waals surface area contributed by atoms with Gasteiger partial charge >= 0.3 is 0 Å². The molecule has 0 fully saturated rings. The normalized spacial score (nSPS) is 11.2. The molecule has 33 heavy (non-hydrogen) atoms. The Labute approximate surface area is 198 Å². The maximum absolute atomic E-state index is 12.8. The van der Waals surface area contributed by atoms with Crippen LogP contribution < -0.4 is 15.4 Å². The first kappa shape index (κ1) is 23.8. The van der Waals surface area contributed by atoms with Crippen molar-refractivity contribution in [1.82, 2.24) is 5.32 Å². The van der Waals surface area contributed by atoms with Gasteiger partial charge in [0.05, 0.1) is 35.7 Å². The number of hydrogen-bond acceptors (Lipinski definition) is 4. The minimum Gasteiger partial charge on any atom is -0.493 e. The second-order valence-corrected chi connectivity index (χ2v) is 7.71. The maximum atomic E-state index is 12.8. The predicted octanol–water partition coefficient (Wildman–Crippen LogP) is 5.52. The van der Waals surface area contributed by atoms with Crippen LogP contribution in [0.15, 0.2) is 78.9 Å². The zero-order valence-corrected chi connectivity index (χ0v) is 18.7. The fourth-order valence-corrected chi connectivity index (χ4v) is 3.44. The van der Waals surface area contributed by atoms with Gasteiger partial charge in [-0.05, 0) is 36.2 Å². The molecule has 3 aromatic rings. The van der Waals surface area contributed by atoms with E-state index in [0.29, 0.717) is 41.5 Å². The summed E-state index contributed by atoms with van der Waals surface area (Å²) in [6.45, 7) is 0.426. The Morgan fingerprint density at radius 3 is 2.52 bits per heavy atom. The Kier molecular flexibility index (Phi) is 8.87. The highest BCUT2D eigenvalue weighted by Crippen LogP contribution is 2.22. The summed E-state index contributed by atoms with van der Waals surface area (Å²) >= 11 is 6.16. The lowest BCUT2D eigenvalue weighted by molar-refractivity contribution is -0.116. The van der Waals surface area contributed by atoms with Crippen LogP contribution in [0, 0.1) is 11.3 Å². The van der Waals surface area contributed by atoms with E-state index in [1.807, 2.05) is 30.3 Å². The smallest absolute Gasteiger partial charge is 0.253 e. The van der Waals surface area contributed by atoms with Gasteiger partial charge in [0.15, 0.2) is 0 Å². The predicted molar refractivity (Wildman–Crippen MR) is 128 cm³/mol. The number of rotatable bonds is 10. The number of carbonyl (C=O) groups is 2. The molecule has 3 aromatic carbocycles. The highest BCUT2D eigenvalue weighted by atomic mass is 35.5. The van der Waals surface area contributed by atoms with Crippen LogP contribution in [0.4, 0.5) is 5.69 Å². The Bertz CT molecular complexity index is 1130. The van der Waals surface area contributed by atoms with Crippen molar-refractivity contribution in [2.45, 2.75) is 25.3 Å². The number of hydrogen-bond donors (Lipinski definition) is 2. The van der Waals surface area contributed by atoms with Gasteiger partial charge < -0.3 is 15.4 Å². The number of unbranched alkanes of at least 4 members (excludes halogenated alkanes) is 1. The number of nitrogens with zero attached hydrogens (tertiary/aromatic N) is 1.